The zero-order chi connectivity index (χ0) is 13.7. The SMILES string of the molecule is CC=CC(=O)Nc1cc(C(=O)N(C)C)ccc1Cl. The van der Waals surface area contributed by atoms with E-state index in [-0.39, 0.29) is 11.8 Å². The fraction of sp³-hybridized carbons (Fsp3) is 0.231. The Morgan fingerprint density at radius 2 is 2.00 bits per heavy atom. The minimum absolute atomic E-state index is 0.145. The Labute approximate surface area is 111 Å². The number of carbonyl (C=O) groups excluding carboxylic acids is 2. The third-order valence-corrected chi connectivity index (χ3v) is 2.52. The highest BCUT2D eigenvalue weighted by Gasteiger charge is 2.11. The number of anilines is 1. The number of halogens is 1. The maximum absolute atomic E-state index is 11.8. The Morgan fingerprint density at radius 1 is 1.33 bits per heavy atom. The second-order valence-corrected chi connectivity index (χ2v) is 4.29. The van der Waals surface area contributed by atoms with Gasteiger partial charge < -0.3 is 10.2 Å². The molecule has 1 rings (SSSR count). The van der Waals surface area contributed by atoms with E-state index < -0.39 is 0 Å². The molecule has 1 aromatic carbocycles. The second kappa shape index (κ2) is 6.21. The summed E-state index contributed by atoms with van der Waals surface area (Å²) in [4.78, 5) is 24.7. The average Bonchev–Trinajstić information content (AvgIpc) is 2.31. The van der Waals surface area contributed by atoms with Gasteiger partial charge in [-0.25, -0.2) is 0 Å². The van der Waals surface area contributed by atoms with Crippen LogP contribution in [0.25, 0.3) is 0 Å². The van der Waals surface area contributed by atoms with Crippen molar-refractivity contribution in [1.29, 1.82) is 0 Å². The van der Waals surface area contributed by atoms with Gasteiger partial charge in [0.2, 0.25) is 5.91 Å². The molecule has 0 aliphatic rings. The number of carbonyl (C=O) groups is 2. The van der Waals surface area contributed by atoms with Crippen LogP contribution in [0.3, 0.4) is 0 Å². The van der Waals surface area contributed by atoms with Crippen molar-refractivity contribution in [1.82, 2.24) is 4.90 Å². The molecular formula is C13H15ClN2O2. The quantitative estimate of drug-likeness (QED) is 0.855. The van der Waals surface area contributed by atoms with E-state index in [2.05, 4.69) is 5.32 Å². The van der Waals surface area contributed by atoms with Crippen LogP contribution in [-0.4, -0.2) is 30.8 Å². The first kappa shape index (κ1) is 14.3. The van der Waals surface area contributed by atoms with Crippen molar-refractivity contribution in [2.24, 2.45) is 0 Å². The molecule has 0 saturated heterocycles. The molecule has 0 radical (unpaired) electrons. The standard InChI is InChI=1S/C13H15ClN2O2/c1-4-5-12(17)15-11-8-9(6-7-10(11)14)13(18)16(2)3/h4-8H,1-3H3,(H,15,17). The van der Waals surface area contributed by atoms with Crippen molar-refractivity contribution >= 4 is 29.1 Å². The van der Waals surface area contributed by atoms with E-state index in [1.165, 1.54) is 11.0 Å². The highest BCUT2D eigenvalue weighted by atomic mass is 35.5. The lowest BCUT2D eigenvalue weighted by atomic mass is 10.2. The van der Waals surface area contributed by atoms with Crippen molar-refractivity contribution in [2.75, 3.05) is 19.4 Å². The van der Waals surface area contributed by atoms with Gasteiger partial charge in [0.05, 0.1) is 10.7 Å². The smallest absolute Gasteiger partial charge is 0.253 e. The molecule has 0 aliphatic carbocycles. The van der Waals surface area contributed by atoms with E-state index in [1.807, 2.05) is 0 Å². The number of hydrogen-bond acceptors (Lipinski definition) is 2. The van der Waals surface area contributed by atoms with Gasteiger partial charge in [-0.05, 0) is 31.2 Å². The largest absolute Gasteiger partial charge is 0.345 e. The summed E-state index contributed by atoms with van der Waals surface area (Å²) in [5, 5.41) is 3.01. The van der Waals surface area contributed by atoms with Crippen LogP contribution in [0.2, 0.25) is 5.02 Å². The van der Waals surface area contributed by atoms with Crippen LogP contribution in [-0.2, 0) is 4.79 Å². The van der Waals surface area contributed by atoms with E-state index >= 15 is 0 Å². The first-order valence-electron chi connectivity index (χ1n) is 5.40. The molecule has 0 heterocycles. The van der Waals surface area contributed by atoms with Gasteiger partial charge in [-0.2, -0.15) is 0 Å². The van der Waals surface area contributed by atoms with Crippen LogP contribution in [0.4, 0.5) is 5.69 Å². The van der Waals surface area contributed by atoms with Gasteiger partial charge in [0.25, 0.3) is 5.91 Å². The Balaban J connectivity index is 3.01. The van der Waals surface area contributed by atoms with Crippen LogP contribution in [0.5, 0.6) is 0 Å². The lowest BCUT2D eigenvalue weighted by Crippen LogP contribution is -2.21. The first-order valence-corrected chi connectivity index (χ1v) is 5.78. The number of benzene rings is 1. The monoisotopic (exact) mass is 266 g/mol. The summed E-state index contributed by atoms with van der Waals surface area (Å²) in [5.41, 5.74) is 0.896. The van der Waals surface area contributed by atoms with Gasteiger partial charge in [0.15, 0.2) is 0 Å². The molecule has 5 heteroatoms. The number of nitrogens with one attached hydrogen (secondary N) is 1. The summed E-state index contributed by atoms with van der Waals surface area (Å²) < 4.78 is 0. The van der Waals surface area contributed by atoms with Crippen molar-refractivity contribution in [3.8, 4) is 0 Å². The normalized spacial score (nSPS) is 10.4. The summed E-state index contributed by atoms with van der Waals surface area (Å²) in [7, 11) is 3.32. The molecule has 0 fully saturated rings. The topological polar surface area (TPSA) is 49.4 Å². The van der Waals surface area contributed by atoms with Gasteiger partial charge in [0, 0.05) is 19.7 Å². The van der Waals surface area contributed by atoms with Gasteiger partial charge in [-0.3, -0.25) is 9.59 Å². The zero-order valence-electron chi connectivity index (χ0n) is 10.5. The molecule has 0 bridgehead atoms. The number of amides is 2. The average molecular weight is 267 g/mol. The summed E-state index contributed by atoms with van der Waals surface area (Å²) in [6.07, 6.45) is 3.01. The fourth-order valence-corrected chi connectivity index (χ4v) is 1.50. The van der Waals surface area contributed by atoms with E-state index in [9.17, 15) is 9.59 Å². The summed E-state index contributed by atoms with van der Waals surface area (Å²) in [6.45, 7) is 1.74. The number of allylic oxidation sites excluding steroid dienone is 1. The molecule has 0 aromatic heterocycles. The highest BCUT2D eigenvalue weighted by Crippen LogP contribution is 2.23. The molecule has 0 saturated carbocycles. The zero-order valence-corrected chi connectivity index (χ0v) is 11.3. The Kier molecular flexibility index (Phi) is 4.92. The lowest BCUT2D eigenvalue weighted by molar-refractivity contribution is -0.111. The molecule has 1 N–H and O–H groups in total. The predicted octanol–water partition coefficient (Wildman–Crippen LogP) is 2.56. The second-order valence-electron chi connectivity index (χ2n) is 3.88. The molecular weight excluding hydrogens is 252 g/mol. The fourth-order valence-electron chi connectivity index (χ4n) is 1.34. The lowest BCUT2D eigenvalue weighted by Gasteiger charge is -2.12. The summed E-state index contributed by atoms with van der Waals surface area (Å²) in [6, 6.07) is 4.77. The Hall–Kier alpha value is -1.81. The van der Waals surface area contributed by atoms with Crippen LogP contribution in [0, 0.1) is 0 Å². The van der Waals surface area contributed by atoms with Crippen molar-refractivity contribution in [3.05, 3.63) is 40.9 Å². The van der Waals surface area contributed by atoms with Crippen LogP contribution >= 0.6 is 11.6 Å². The van der Waals surface area contributed by atoms with Crippen molar-refractivity contribution in [2.45, 2.75) is 6.92 Å². The molecule has 1 aromatic rings. The van der Waals surface area contributed by atoms with E-state index in [1.54, 1.807) is 45.3 Å². The van der Waals surface area contributed by atoms with Crippen molar-refractivity contribution in [3.63, 3.8) is 0 Å². The Morgan fingerprint density at radius 3 is 2.56 bits per heavy atom. The maximum atomic E-state index is 11.8. The van der Waals surface area contributed by atoms with E-state index in [0.717, 1.165) is 0 Å². The summed E-state index contributed by atoms with van der Waals surface area (Å²) >= 11 is 5.96. The van der Waals surface area contributed by atoms with Crippen LogP contribution in [0.15, 0.2) is 30.4 Å². The summed E-state index contributed by atoms with van der Waals surface area (Å²) in [5.74, 6) is -0.429. The number of rotatable bonds is 3. The van der Waals surface area contributed by atoms with Crippen LogP contribution < -0.4 is 5.32 Å². The van der Waals surface area contributed by atoms with E-state index in [0.29, 0.717) is 16.3 Å². The maximum Gasteiger partial charge on any atom is 0.253 e. The van der Waals surface area contributed by atoms with E-state index in [4.69, 9.17) is 11.6 Å². The number of nitrogens with zero attached hydrogens (tertiary/aromatic N) is 1. The molecule has 0 aliphatic heterocycles. The molecule has 2 amide bonds. The molecule has 0 spiro atoms. The van der Waals surface area contributed by atoms with Gasteiger partial charge in [-0.15, -0.1) is 0 Å². The van der Waals surface area contributed by atoms with Gasteiger partial charge in [0.1, 0.15) is 0 Å². The molecule has 0 atom stereocenters. The predicted molar refractivity (Wildman–Crippen MR) is 72.9 cm³/mol. The first-order chi connectivity index (χ1) is 8.45. The third-order valence-electron chi connectivity index (χ3n) is 2.20. The van der Waals surface area contributed by atoms with Gasteiger partial charge >= 0.3 is 0 Å². The Bertz CT molecular complexity index is 496. The van der Waals surface area contributed by atoms with Crippen LogP contribution in [0.1, 0.15) is 17.3 Å². The minimum Gasteiger partial charge on any atom is -0.345 e. The molecule has 18 heavy (non-hydrogen) atoms. The molecule has 0 unspecified atom stereocenters. The number of hydrogen-bond donors (Lipinski definition) is 1. The molecule has 4 nitrogen and oxygen atoms in total. The van der Waals surface area contributed by atoms with Crippen molar-refractivity contribution < 1.29 is 9.59 Å². The highest BCUT2D eigenvalue weighted by molar-refractivity contribution is 6.34. The molecule has 96 valence electrons. The minimum atomic E-state index is -0.283. The van der Waals surface area contributed by atoms with Gasteiger partial charge in [-0.1, -0.05) is 17.7 Å². The third kappa shape index (κ3) is 3.60.